The van der Waals surface area contributed by atoms with Gasteiger partial charge in [-0.05, 0) is 67.1 Å². The minimum Gasteiger partial charge on any atom is -0.349 e. The molecular formula is C29H30N2O2S. The molecule has 5 heteroatoms. The molecule has 2 atom stereocenters. The molecule has 0 saturated heterocycles. The van der Waals surface area contributed by atoms with Crippen LogP contribution in [0.15, 0.2) is 76.5 Å². The number of fused-ring (bicyclic) bond motifs is 2. The number of nitrogens with one attached hydrogen (secondary N) is 1. The second-order valence-electron chi connectivity index (χ2n) is 9.44. The smallest absolute Gasteiger partial charge is 0.259 e. The molecule has 0 spiro atoms. The summed E-state index contributed by atoms with van der Waals surface area (Å²) in [6, 6.07) is 21.9. The van der Waals surface area contributed by atoms with Crippen molar-refractivity contribution in [2.45, 2.75) is 61.9 Å². The topological polar surface area (TPSA) is 49.4 Å². The number of carbonyl (C=O) groups is 2. The Kier molecular flexibility index (Phi) is 6.46. The zero-order valence-electron chi connectivity index (χ0n) is 19.7. The minimum atomic E-state index is -0.0587. The molecule has 4 nitrogen and oxygen atoms in total. The van der Waals surface area contributed by atoms with Crippen LogP contribution in [0.4, 0.5) is 5.69 Å². The molecule has 1 heterocycles. The summed E-state index contributed by atoms with van der Waals surface area (Å²) >= 11 is 1.59. The Balaban J connectivity index is 1.53. The first kappa shape index (κ1) is 22.7. The highest BCUT2D eigenvalue weighted by molar-refractivity contribution is 7.99. The normalized spacial score (nSPS) is 19.7. The molecule has 1 aliphatic carbocycles. The molecule has 3 aromatic carbocycles. The van der Waals surface area contributed by atoms with E-state index in [1.54, 1.807) is 11.8 Å². The molecule has 0 unspecified atom stereocenters. The van der Waals surface area contributed by atoms with Gasteiger partial charge in [0.15, 0.2) is 0 Å². The Morgan fingerprint density at radius 1 is 1.00 bits per heavy atom. The summed E-state index contributed by atoms with van der Waals surface area (Å²) in [6.07, 6.45) is 4.58. The van der Waals surface area contributed by atoms with Crippen molar-refractivity contribution < 1.29 is 9.59 Å². The minimum absolute atomic E-state index is 0.0384. The van der Waals surface area contributed by atoms with Crippen LogP contribution >= 0.6 is 11.8 Å². The third-order valence-corrected chi connectivity index (χ3v) is 8.25. The number of amides is 2. The van der Waals surface area contributed by atoms with Crippen molar-refractivity contribution >= 4 is 29.3 Å². The maximum Gasteiger partial charge on any atom is 0.259 e. The van der Waals surface area contributed by atoms with Gasteiger partial charge in [-0.25, -0.2) is 0 Å². The molecule has 0 aromatic heterocycles. The molecule has 2 amide bonds. The van der Waals surface area contributed by atoms with Gasteiger partial charge in [0.2, 0.25) is 0 Å². The fraction of sp³-hybridized carbons (Fsp3) is 0.310. The van der Waals surface area contributed by atoms with Gasteiger partial charge in [-0.15, -0.1) is 0 Å². The molecule has 3 aromatic rings. The monoisotopic (exact) mass is 470 g/mol. The quantitative estimate of drug-likeness (QED) is 0.466. The van der Waals surface area contributed by atoms with E-state index in [1.807, 2.05) is 59.5 Å². The number of nitrogens with zero attached hydrogens (tertiary/aromatic N) is 1. The first-order chi connectivity index (χ1) is 16.5. The lowest BCUT2D eigenvalue weighted by Crippen LogP contribution is -2.41. The zero-order chi connectivity index (χ0) is 23.7. The second kappa shape index (κ2) is 9.67. The molecule has 1 aliphatic heterocycles. The van der Waals surface area contributed by atoms with Crippen molar-refractivity contribution in [1.29, 1.82) is 0 Å². The van der Waals surface area contributed by atoms with Gasteiger partial charge in [-0.1, -0.05) is 67.9 Å². The summed E-state index contributed by atoms with van der Waals surface area (Å²) in [5, 5.41) is 3.26. The van der Waals surface area contributed by atoms with Crippen LogP contribution in [0.5, 0.6) is 0 Å². The SMILES string of the molecule is Cc1ccccc1CN1C(=O)c2ccccc2Sc2ccc(C(=O)N[C@H]3CCCC[C@H]3C)cc21. The zero-order valence-corrected chi connectivity index (χ0v) is 20.5. The second-order valence-corrected chi connectivity index (χ2v) is 10.5. The molecule has 1 N–H and O–H groups in total. The van der Waals surface area contributed by atoms with Crippen molar-refractivity contribution in [3.63, 3.8) is 0 Å². The predicted octanol–water partition coefficient (Wildman–Crippen LogP) is 6.62. The fourth-order valence-electron chi connectivity index (χ4n) is 4.96. The van der Waals surface area contributed by atoms with Gasteiger partial charge < -0.3 is 10.2 Å². The van der Waals surface area contributed by atoms with Crippen LogP contribution in [-0.2, 0) is 6.54 Å². The highest BCUT2D eigenvalue weighted by Crippen LogP contribution is 2.42. The summed E-state index contributed by atoms with van der Waals surface area (Å²) in [5.74, 6) is 0.392. The molecular weight excluding hydrogens is 440 g/mol. The van der Waals surface area contributed by atoms with E-state index in [4.69, 9.17) is 0 Å². The third-order valence-electron chi connectivity index (χ3n) is 7.11. The summed E-state index contributed by atoms with van der Waals surface area (Å²) in [7, 11) is 0. The van der Waals surface area contributed by atoms with Crippen LogP contribution in [0, 0.1) is 12.8 Å². The van der Waals surface area contributed by atoms with Crippen LogP contribution in [-0.4, -0.2) is 17.9 Å². The largest absolute Gasteiger partial charge is 0.349 e. The molecule has 2 aliphatic rings. The number of anilines is 1. The van der Waals surface area contributed by atoms with Gasteiger partial charge in [0.1, 0.15) is 0 Å². The highest BCUT2D eigenvalue weighted by Gasteiger charge is 2.29. The van der Waals surface area contributed by atoms with Crippen molar-refractivity contribution in [1.82, 2.24) is 5.32 Å². The molecule has 5 rings (SSSR count). The molecule has 1 saturated carbocycles. The van der Waals surface area contributed by atoms with Gasteiger partial charge >= 0.3 is 0 Å². The van der Waals surface area contributed by atoms with Crippen LogP contribution in [0.2, 0.25) is 0 Å². The lowest BCUT2D eigenvalue weighted by atomic mass is 9.86. The number of aryl methyl sites for hydroxylation is 1. The van der Waals surface area contributed by atoms with Crippen LogP contribution < -0.4 is 10.2 Å². The fourth-order valence-corrected chi connectivity index (χ4v) is 6.02. The van der Waals surface area contributed by atoms with Crippen LogP contribution in [0.1, 0.15) is 64.4 Å². The lowest BCUT2D eigenvalue weighted by molar-refractivity contribution is 0.0908. The van der Waals surface area contributed by atoms with E-state index in [-0.39, 0.29) is 17.9 Å². The summed E-state index contributed by atoms with van der Waals surface area (Å²) in [4.78, 5) is 30.7. The van der Waals surface area contributed by atoms with E-state index >= 15 is 0 Å². The Morgan fingerprint density at radius 2 is 1.76 bits per heavy atom. The van der Waals surface area contributed by atoms with Gasteiger partial charge in [-0.2, -0.15) is 0 Å². The third kappa shape index (κ3) is 4.49. The Labute approximate surface area is 205 Å². The number of benzene rings is 3. The summed E-state index contributed by atoms with van der Waals surface area (Å²) in [6.45, 7) is 4.74. The average Bonchev–Trinajstić information content (AvgIpc) is 2.96. The van der Waals surface area contributed by atoms with Gasteiger partial charge in [0.05, 0.1) is 17.8 Å². The van der Waals surface area contributed by atoms with E-state index in [0.29, 0.717) is 23.6 Å². The van der Waals surface area contributed by atoms with Crippen molar-refractivity contribution in [3.8, 4) is 0 Å². The number of hydrogen-bond acceptors (Lipinski definition) is 3. The molecule has 1 fully saturated rings. The van der Waals surface area contributed by atoms with Crippen molar-refractivity contribution in [2.24, 2.45) is 5.92 Å². The summed E-state index contributed by atoms with van der Waals surface area (Å²) in [5.41, 5.74) is 4.32. The maximum atomic E-state index is 13.8. The van der Waals surface area contributed by atoms with Gasteiger partial charge in [-0.3, -0.25) is 9.59 Å². The highest BCUT2D eigenvalue weighted by atomic mass is 32.2. The van der Waals surface area contributed by atoms with Crippen LogP contribution in [0.25, 0.3) is 0 Å². The predicted molar refractivity (Wildman–Crippen MR) is 138 cm³/mol. The van der Waals surface area contributed by atoms with E-state index < -0.39 is 0 Å². The first-order valence-corrected chi connectivity index (χ1v) is 12.9. The molecule has 174 valence electrons. The van der Waals surface area contributed by atoms with E-state index in [2.05, 4.69) is 31.3 Å². The molecule has 0 bridgehead atoms. The Hall–Kier alpha value is -3.05. The first-order valence-electron chi connectivity index (χ1n) is 12.1. The maximum absolute atomic E-state index is 13.8. The van der Waals surface area contributed by atoms with Crippen molar-refractivity contribution in [3.05, 3.63) is 89.0 Å². The van der Waals surface area contributed by atoms with E-state index in [0.717, 1.165) is 45.9 Å². The summed E-state index contributed by atoms with van der Waals surface area (Å²) < 4.78 is 0. The number of rotatable bonds is 4. The van der Waals surface area contributed by atoms with Gasteiger partial charge in [0.25, 0.3) is 11.8 Å². The average molecular weight is 471 g/mol. The van der Waals surface area contributed by atoms with Gasteiger partial charge in [0, 0.05) is 21.4 Å². The lowest BCUT2D eigenvalue weighted by Gasteiger charge is -2.29. The Bertz CT molecular complexity index is 1240. The Morgan fingerprint density at radius 3 is 2.59 bits per heavy atom. The number of carbonyl (C=O) groups excluding carboxylic acids is 2. The standard InChI is InChI=1S/C29H30N2O2S/c1-19-9-3-5-11-22(19)18-31-25-17-21(28(32)30-24-13-7-4-10-20(24)2)15-16-27(25)34-26-14-8-6-12-23(26)29(31)33/h3,5-6,8-9,11-12,14-17,20,24H,4,7,10,13,18H2,1-2H3,(H,30,32)/t20-,24+/m1/s1. The van der Waals surface area contributed by atoms with Crippen LogP contribution in [0.3, 0.4) is 0 Å². The van der Waals surface area contributed by atoms with Crippen molar-refractivity contribution in [2.75, 3.05) is 4.90 Å². The van der Waals surface area contributed by atoms with E-state index in [9.17, 15) is 9.59 Å². The van der Waals surface area contributed by atoms with E-state index in [1.165, 1.54) is 6.42 Å². The number of hydrogen-bond donors (Lipinski definition) is 1. The molecule has 34 heavy (non-hydrogen) atoms. The molecule has 0 radical (unpaired) electrons.